The van der Waals surface area contributed by atoms with Gasteiger partial charge in [0, 0.05) is 6.04 Å². The van der Waals surface area contributed by atoms with Crippen molar-refractivity contribution in [3.63, 3.8) is 0 Å². The lowest BCUT2D eigenvalue weighted by Crippen LogP contribution is -2.52. The van der Waals surface area contributed by atoms with Crippen LogP contribution in [0.2, 0.25) is 0 Å². The van der Waals surface area contributed by atoms with E-state index < -0.39 is 5.60 Å². The molecule has 1 rings (SSSR count). The van der Waals surface area contributed by atoms with E-state index in [9.17, 15) is 9.59 Å². The van der Waals surface area contributed by atoms with Crippen molar-refractivity contribution < 1.29 is 14.3 Å². The summed E-state index contributed by atoms with van der Waals surface area (Å²) in [5.41, 5.74) is -0.515. The maximum atomic E-state index is 12.2. The SMILES string of the molecule is CCC[C@@H]1CCC[C@H](C=O)N1C(=O)OC(C)(C)C. The summed E-state index contributed by atoms with van der Waals surface area (Å²) in [4.78, 5) is 25.0. The monoisotopic (exact) mass is 255 g/mol. The molecule has 2 atom stereocenters. The topological polar surface area (TPSA) is 46.6 Å². The summed E-state index contributed by atoms with van der Waals surface area (Å²) in [5, 5.41) is 0. The van der Waals surface area contributed by atoms with Gasteiger partial charge in [-0.05, 0) is 46.5 Å². The highest BCUT2D eigenvalue weighted by molar-refractivity contribution is 5.74. The zero-order valence-corrected chi connectivity index (χ0v) is 11.9. The third-order valence-corrected chi connectivity index (χ3v) is 3.17. The number of ether oxygens (including phenoxy) is 1. The number of amides is 1. The van der Waals surface area contributed by atoms with E-state index in [-0.39, 0.29) is 18.2 Å². The largest absolute Gasteiger partial charge is 0.444 e. The van der Waals surface area contributed by atoms with Gasteiger partial charge in [0.25, 0.3) is 0 Å². The van der Waals surface area contributed by atoms with E-state index in [1.165, 1.54) is 0 Å². The molecule has 0 aliphatic carbocycles. The van der Waals surface area contributed by atoms with Gasteiger partial charge in [-0.15, -0.1) is 0 Å². The van der Waals surface area contributed by atoms with Gasteiger partial charge in [-0.3, -0.25) is 4.90 Å². The maximum absolute atomic E-state index is 12.2. The number of carbonyl (C=O) groups excluding carboxylic acids is 2. The van der Waals surface area contributed by atoms with Crippen molar-refractivity contribution in [2.24, 2.45) is 0 Å². The van der Waals surface area contributed by atoms with Crippen LogP contribution in [0.15, 0.2) is 0 Å². The number of rotatable bonds is 3. The van der Waals surface area contributed by atoms with Crippen LogP contribution in [-0.4, -0.2) is 35.0 Å². The van der Waals surface area contributed by atoms with Crippen LogP contribution in [-0.2, 0) is 9.53 Å². The number of nitrogens with zero attached hydrogens (tertiary/aromatic N) is 1. The maximum Gasteiger partial charge on any atom is 0.411 e. The third-order valence-electron chi connectivity index (χ3n) is 3.17. The molecule has 0 saturated carbocycles. The Morgan fingerprint density at radius 1 is 1.39 bits per heavy atom. The molecule has 1 aliphatic rings. The van der Waals surface area contributed by atoms with Crippen molar-refractivity contribution in [2.45, 2.75) is 77.5 Å². The Hall–Kier alpha value is -1.06. The van der Waals surface area contributed by atoms with Gasteiger partial charge in [0.1, 0.15) is 11.9 Å². The summed E-state index contributed by atoms with van der Waals surface area (Å²) in [5.74, 6) is 0. The molecule has 4 nitrogen and oxygen atoms in total. The van der Waals surface area contributed by atoms with E-state index in [4.69, 9.17) is 4.74 Å². The minimum Gasteiger partial charge on any atom is -0.444 e. The number of hydrogen-bond acceptors (Lipinski definition) is 3. The highest BCUT2D eigenvalue weighted by Crippen LogP contribution is 2.27. The summed E-state index contributed by atoms with van der Waals surface area (Å²) < 4.78 is 5.41. The van der Waals surface area contributed by atoms with Crippen LogP contribution in [0, 0.1) is 0 Å². The van der Waals surface area contributed by atoms with Crippen LogP contribution in [0.3, 0.4) is 0 Å². The van der Waals surface area contributed by atoms with Crippen molar-refractivity contribution >= 4 is 12.4 Å². The molecule has 0 aromatic rings. The zero-order chi connectivity index (χ0) is 13.8. The lowest BCUT2D eigenvalue weighted by Gasteiger charge is -2.40. The quantitative estimate of drug-likeness (QED) is 0.728. The van der Waals surface area contributed by atoms with E-state index >= 15 is 0 Å². The van der Waals surface area contributed by atoms with Crippen LogP contribution < -0.4 is 0 Å². The Labute approximate surface area is 110 Å². The standard InChI is InChI=1S/C14H25NO3/c1-5-7-11-8-6-9-12(10-16)15(11)13(17)18-14(2,3)4/h10-12H,5-9H2,1-4H3/t11-,12-/m1/s1. The average molecular weight is 255 g/mol. The fourth-order valence-corrected chi connectivity index (χ4v) is 2.46. The first-order valence-electron chi connectivity index (χ1n) is 6.85. The second-order valence-electron chi connectivity index (χ2n) is 5.96. The summed E-state index contributed by atoms with van der Waals surface area (Å²) >= 11 is 0. The second kappa shape index (κ2) is 6.21. The molecule has 18 heavy (non-hydrogen) atoms. The van der Waals surface area contributed by atoms with Gasteiger partial charge in [-0.1, -0.05) is 13.3 Å². The van der Waals surface area contributed by atoms with Crippen LogP contribution in [0.1, 0.15) is 59.8 Å². The molecule has 1 saturated heterocycles. The summed E-state index contributed by atoms with van der Waals surface area (Å²) in [6.45, 7) is 7.64. The smallest absolute Gasteiger partial charge is 0.411 e. The first kappa shape index (κ1) is 15.0. The summed E-state index contributed by atoms with van der Waals surface area (Å²) in [6.07, 6.45) is 5.20. The molecule has 1 heterocycles. The molecule has 0 spiro atoms. The van der Waals surface area contributed by atoms with Crippen LogP contribution >= 0.6 is 0 Å². The predicted octanol–water partition coefficient (Wildman–Crippen LogP) is 3.14. The van der Waals surface area contributed by atoms with Gasteiger partial charge >= 0.3 is 6.09 Å². The molecule has 1 amide bonds. The van der Waals surface area contributed by atoms with Crippen LogP contribution in [0.5, 0.6) is 0 Å². The molecule has 0 unspecified atom stereocenters. The third kappa shape index (κ3) is 4.00. The molecule has 104 valence electrons. The van der Waals surface area contributed by atoms with E-state index in [1.807, 2.05) is 20.8 Å². The average Bonchev–Trinajstić information content (AvgIpc) is 2.26. The predicted molar refractivity (Wildman–Crippen MR) is 70.5 cm³/mol. The lowest BCUT2D eigenvalue weighted by molar-refractivity contribution is -0.114. The molecular weight excluding hydrogens is 230 g/mol. The normalized spacial score (nSPS) is 24.8. The number of hydrogen-bond donors (Lipinski definition) is 0. The van der Waals surface area contributed by atoms with Crippen molar-refractivity contribution in [3.8, 4) is 0 Å². The molecule has 0 aromatic heterocycles. The summed E-state index contributed by atoms with van der Waals surface area (Å²) in [7, 11) is 0. The van der Waals surface area contributed by atoms with Gasteiger partial charge in [0.15, 0.2) is 0 Å². The van der Waals surface area contributed by atoms with Gasteiger partial charge in [0.2, 0.25) is 0 Å². The first-order valence-corrected chi connectivity index (χ1v) is 6.85. The number of carbonyl (C=O) groups is 2. The number of piperidine rings is 1. The van der Waals surface area contributed by atoms with Crippen LogP contribution in [0.4, 0.5) is 4.79 Å². The molecule has 4 heteroatoms. The van der Waals surface area contributed by atoms with E-state index in [0.29, 0.717) is 0 Å². The van der Waals surface area contributed by atoms with Gasteiger partial charge in [-0.2, -0.15) is 0 Å². The summed E-state index contributed by atoms with van der Waals surface area (Å²) in [6, 6.07) is -0.168. The number of likely N-dealkylation sites (tertiary alicyclic amines) is 1. The minimum atomic E-state index is -0.515. The molecular formula is C14H25NO3. The molecule has 0 N–H and O–H groups in total. The minimum absolute atomic E-state index is 0.147. The number of aldehydes is 1. The van der Waals surface area contributed by atoms with E-state index in [2.05, 4.69) is 6.92 Å². The van der Waals surface area contributed by atoms with Crippen molar-refractivity contribution in [1.29, 1.82) is 0 Å². The van der Waals surface area contributed by atoms with Gasteiger partial charge in [-0.25, -0.2) is 4.79 Å². The fourth-order valence-electron chi connectivity index (χ4n) is 2.46. The molecule has 1 fully saturated rings. The second-order valence-corrected chi connectivity index (χ2v) is 5.96. The molecule has 0 aromatic carbocycles. The molecule has 0 radical (unpaired) electrons. The Morgan fingerprint density at radius 2 is 2.06 bits per heavy atom. The van der Waals surface area contributed by atoms with Crippen LogP contribution in [0.25, 0.3) is 0 Å². The Morgan fingerprint density at radius 3 is 2.56 bits per heavy atom. The van der Waals surface area contributed by atoms with Crippen molar-refractivity contribution in [3.05, 3.63) is 0 Å². The zero-order valence-electron chi connectivity index (χ0n) is 11.9. The molecule has 1 aliphatic heterocycles. The fraction of sp³-hybridized carbons (Fsp3) is 0.857. The lowest BCUT2D eigenvalue weighted by atomic mass is 9.94. The van der Waals surface area contributed by atoms with Crippen molar-refractivity contribution in [2.75, 3.05) is 0 Å². The van der Waals surface area contributed by atoms with Gasteiger partial charge < -0.3 is 9.53 Å². The highest BCUT2D eigenvalue weighted by Gasteiger charge is 2.36. The van der Waals surface area contributed by atoms with E-state index in [0.717, 1.165) is 38.4 Å². The molecule has 0 bridgehead atoms. The highest BCUT2D eigenvalue weighted by atomic mass is 16.6. The van der Waals surface area contributed by atoms with Crippen molar-refractivity contribution in [1.82, 2.24) is 4.90 Å². The van der Waals surface area contributed by atoms with Gasteiger partial charge in [0.05, 0.1) is 6.04 Å². The Kier molecular flexibility index (Phi) is 5.17. The Balaban J connectivity index is 2.81. The van der Waals surface area contributed by atoms with E-state index in [1.54, 1.807) is 4.90 Å². The first-order chi connectivity index (χ1) is 8.39. The Bertz CT molecular complexity index is 294.